The van der Waals surface area contributed by atoms with Crippen LogP contribution in [0.3, 0.4) is 0 Å². The van der Waals surface area contributed by atoms with Crippen LogP contribution >= 0.6 is 0 Å². The molecule has 314 valence electrons. The standard InChI is InChI=1S/C11H14FNO3.C10H13NO4.2C9H12FNO2/c1-2-16-10(15)11-4-3-9(14)13(11)7-8(5-11)6-12;1-2-15-9(14)10-4-3-8(13)11(10)6-7(12)5-10;2*10-4-7-3-9(6-12)2-1-8(13)11(9)5-7/h6H,2-5,7H2,1H3;2-6H2,1H3;2*4,12H,1-3,5-6H2/b8-6-;;7-4+;7-4-/t11-;10-;2*9-/m0000/s1. The summed E-state index contributed by atoms with van der Waals surface area (Å²) in [6, 6.07) is 0. The number of esters is 2. The summed E-state index contributed by atoms with van der Waals surface area (Å²) in [5.41, 5.74) is -1.13. The van der Waals surface area contributed by atoms with Crippen LogP contribution in [-0.2, 0) is 43.0 Å². The molecule has 0 aromatic heterocycles. The monoisotopic (exact) mass is 808 g/mol. The number of nitrogens with zero attached hydrogens (tertiary/aromatic N) is 4. The Labute approximate surface area is 328 Å². The second kappa shape index (κ2) is 17.5. The molecule has 0 aromatic rings. The number of Topliss-reactive ketones (excluding diaryl/α,β-unsaturated/α-hetero) is 1. The van der Waals surface area contributed by atoms with Gasteiger partial charge >= 0.3 is 11.9 Å². The molecule has 0 aliphatic carbocycles. The van der Waals surface area contributed by atoms with E-state index < -0.39 is 34.1 Å². The zero-order chi connectivity index (χ0) is 41.8. The molecule has 4 amide bonds. The predicted molar refractivity (Wildman–Crippen MR) is 193 cm³/mol. The molecular formula is C39H51F3N4O11. The molecule has 0 unspecified atom stereocenters. The third-order valence-corrected chi connectivity index (χ3v) is 12.4. The molecule has 57 heavy (non-hydrogen) atoms. The molecule has 0 radical (unpaired) electrons. The van der Waals surface area contributed by atoms with Crippen molar-refractivity contribution in [3.8, 4) is 0 Å². The summed E-state index contributed by atoms with van der Waals surface area (Å²) in [5, 5.41) is 18.4. The highest BCUT2D eigenvalue weighted by Gasteiger charge is 2.58. The number of carbonyl (C=O) groups is 7. The Morgan fingerprint density at radius 2 is 0.912 bits per heavy atom. The Morgan fingerprint density at radius 1 is 0.561 bits per heavy atom. The average Bonchev–Trinajstić information content (AvgIpc) is 4.08. The van der Waals surface area contributed by atoms with Crippen LogP contribution in [0.5, 0.6) is 0 Å². The number of aliphatic hydroxyl groups is 2. The topological polar surface area (TPSA) is 191 Å². The van der Waals surface area contributed by atoms with Gasteiger partial charge in [0.25, 0.3) is 0 Å². The molecule has 8 saturated heterocycles. The van der Waals surface area contributed by atoms with Crippen LogP contribution in [0.2, 0.25) is 0 Å². The number of hydrogen-bond donors (Lipinski definition) is 2. The zero-order valence-corrected chi connectivity index (χ0v) is 32.4. The van der Waals surface area contributed by atoms with Gasteiger partial charge in [-0.25, -0.2) is 22.8 Å². The summed E-state index contributed by atoms with van der Waals surface area (Å²) in [4.78, 5) is 86.8. The number of fused-ring (bicyclic) bond motifs is 4. The summed E-state index contributed by atoms with van der Waals surface area (Å²) in [7, 11) is 0. The van der Waals surface area contributed by atoms with E-state index in [1.54, 1.807) is 23.6 Å². The van der Waals surface area contributed by atoms with E-state index in [0.29, 0.717) is 113 Å². The van der Waals surface area contributed by atoms with Crippen molar-refractivity contribution in [1.82, 2.24) is 19.6 Å². The van der Waals surface area contributed by atoms with Crippen molar-refractivity contribution in [2.75, 3.05) is 52.6 Å². The Hall–Kier alpha value is -4.58. The van der Waals surface area contributed by atoms with Gasteiger partial charge in [0.1, 0.15) is 11.1 Å². The number of rotatable bonds is 6. The maximum Gasteiger partial charge on any atom is 0.332 e. The van der Waals surface area contributed by atoms with E-state index in [-0.39, 0.29) is 81.8 Å². The first-order chi connectivity index (χ1) is 27.2. The minimum Gasteiger partial charge on any atom is -0.464 e. The summed E-state index contributed by atoms with van der Waals surface area (Å²) in [5.74, 6) is -1.04. The molecule has 8 heterocycles. The van der Waals surface area contributed by atoms with Gasteiger partial charge in [-0.15, -0.1) is 0 Å². The Morgan fingerprint density at radius 3 is 1.30 bits per heavy atom. The van der Waals surface area contributed by atoms with Gasteiger partial charge in [-0.3, -0.25) is 24.0 Å². The first kappa shape index (κ1) is 43.5. The van der Waals surface area contributed by atoms with Crippen LogP contribution in [0.4, 0.5) is 13.2 Å². The average molecular weight is 809 g/mol. The van der Waals surface area contributed by atoms with Gasteiger partial charge in [0.05, 0.1) is 63.0 Å². The van der Waals surface area contributed by atoms with Crippen LogP contribution in [-0.4, -0.2) is 146 Å². The zero-order valence-electron chi connectivity index (χ0n) is 32.4. The third-order valence-electron chi connectivity index (χ3n) is 12.4. The Kier molecular flexibility index (Phi) is 13.4. The largest absolute Gasteiger partial charge is 0.464 e. The van der Waals surface area contributed by atoms with Gasteiger partial charge in [-0.05, 0) is 69.1 Å². The third kappa shape index (κ3) is 7.98. The second-order valence-electron chi connectivity index (χ2n) is 15.7. The summed E-state index contributed by atoms with van der Waals surface area (Å²) in [6.45, 7) is 4.86. The lowest BCUT2D eigenvalue weighted by atomic mass is 9.93. The van der Waals surface area contributed by atoms with Crippen LogP contribution in [0, 0.1) is 0 Å². The molecule has 2 N–H and O–H groups in total. The predicted octanol–water partition coefficient (Wildman–Crippen LogP) is 2.25. The molecule has 8 fully saturated rings. The van der Waals surface area contributed by atoms with E-state index in [4.69, 9.17) is 9.47 Å². The number of amides is 4. The Balaban J connectivity index is 0.000000146. The molecule has 8 aliphatic heterocycles. The van der Waals surface area contributed by atoms with Crippen LogP contribution < -0.4 is 0 Å². The number of aliphatic hydroxyl groups excluding tert-OH is 2. The fraction of sp³-hybridized carbons (Fsp3) is 0.667. The lowest BCUT2D eigenvalue weighted by Gasteiger charge is -2.28. The molecule has 8 rings (SSSR count). The van der Waals surface area contributed by atoms with Crippen molar-refractivity contribution < 1.29 is 66.4 Å². The summed E-state index contributed by atoms with van der Waals surface area (Å²) < 4.78 is 46.9. The lowest BCUT2D eigenvalue weighted by Crippen LogP contribution is -2.48. The molecule has 0 spiro atoms. The summed E-state index contributed by atoms with van der Waals surface area (Å²) >= 11 is 0. The molecule has 15 nitrogen and oxygen atoms in total. The first-order valence-corrected chi connectivity index (χ1v) is 19.3. The molecule has 0 bridgehead atoms. The molecule has 4 atom stereocenters. The van der Waals surface area contributed by atoms with E-state index in [0.717, 1.165) is 0 Å². The summed E-state index contributed by atoms with van der Waals surface area (Å²) in [6.07, 6.45) is 6.80. The van der Waals surface area contributed by atoms with Crippen LogP contribution in [0.15, 0.2) is 35.7 Å². The molecule has 8 aliphatic rings. The maximum atomic E-state index is 12.5. The Bertz CT molecular complexity index is 1700. The van der Waals surface area contributed by atoms with Crippen LogP contribution in [0.25, 0.3) is 0 Å². The molecule has 18 heteroatoms. The van der Waals surface area contributed by atoms with Crippen molar-refractivity contribution in [1.29, 1.82) is 0 Å². The number of ether oxygens (including phenoxy) is 2. The SMILES string of the molecule is CCOC(=O)[C@@]12CCC(=O)N1C/C(=C\F)C2.CCOC(=O)[C@@]12CCC(=O)N1CC(=O)C2.O=C1CC[C@@]2(CO)C/C(=C/F)CN12.O=C1CC[C@@]2(CO)C/C(=C\F)CN12. The highest BCUT2D eigenvalue weighted by molar-refractivity contribution is 6.02. The van der Waals surface area contributed by atoms with E-state index in [2.05, 4.69) is 0 Å². The van der Waals surface area contributed by atoms with Crippen molar-refractivity contribution in [3.63, 3.8) is 0 Å². The molecule has 0 aromatic carbocycles. The fourth-order valence-corrected chi connectivity index (χ4v) is 9.43. The number of carbonyl (C=O) groups excluding carboxylic acids is 7. The van der Waals surface area contributed by atoms with E-state index in [9.17, 15) is 56.9 Å². The van der Waals surface area contributed by atoms with Gasteiger partial charge in [0.15, 0.2) is 5.78 Å². The number of hydrogen-bond acceptors (Lipinski definition) is 11. The molecule has 0 saturated carbocycles. The minimum absolute atomic E-state index is 0.0332. The van der Waals surface area contributed by atoms with Crippen molar-refractivity contribution in [2.24, 2.45) is 0 Å². The van der Waals surface area contributed by atoms with Crippen LogP contribution in [0.1, 0.15) is 90.9 Å². The maximum absolute atomic E-state index is 12.5. The second-order valence-corrected chi connectivity index (χ2v) is 15.7. The van der Waals surface area contributed by atoms with Gasteiger partial charge in [0, 0.05) is 58.2 Å². The number of halogens is 3. The van der Waals surface area contributed by atoms with Crippen molar-refractivity contribution >= 4 is 41.4 Å². The first-order valence-electron chi connectivity index (χ1n) is 19.3. The van der Waals surface area contributed by atoms with Crippen molar-refractivity contribution in [3.05, 3.63) is 35.7 Å². The highest BCUT2D eigenvalue weighted by Crippen LogP contribution is 2.44. The van der Waals surface area contributed by atoms with E-state index in [1.165, 1.54) is 9.80 Å². The van der Waals surface area contributed by atoms with Crippen molar-refractivity contribution in [2.45, 2.75) is 113 Å². The van der Waals surface area contributed by atoms with E-state index in [1.807, 2.05) is 0 Å². The van der Waals surface area contributed by atoms with E-state index >= 15 is 0 Å². The normalized spacial score (nSPS) is 32.9. The highest BCUT2D eigenvalue weighted by atomic mass is 19.1. The van der Waals surface area contributed by atoms with Gasteiger partial charge in [-0.2, -0.15) is 0 Å². The number of ketones is 1. The lowest BCUT2D eigenvalue weighted by molar-refractivity contribution is -0.157. The smallest absolute Gasteiger partial charge is 0.332 e. The van der Waals surface area contributed by atoms with Gasteiger partial charge in [0.2, 0.25) is 23.6 Å². The minimum atomic E-state index is -0.968. The fourth-order valence-electron chi connectivity index (χ4n) is 9.43. The quantitative estimate of drug-likeness (QED) is 0.375. The van der Waals surface area contributed by atoms with Gasteiger partial charge < -0.3 is 39.3 Å². The molecular weight excluding hydrogens is 757 g/mol. The van der Waals surface area contributed by atoms with Gasteiger partial charge in [-0.1, -0.05) is 0 Å².